The topological polar surface area (TPSA) is 61.3 Å². The SMILES string of the molecule is CCCCCCCCCOc1ccc(C(=O)Oc2ccc(-c3ncc(CCCCCCCC)cn3)cc2)cc1Cl. The van der Waals surface area contributed by atoms with E-state index in [1.54, 1.807) is 30.3 Å². The molecule has 1 aromatic heterocycles. The van der Waals surface area contributed by atoms with Gasteiger partial charge in [-0.3, -0.25) is 0 Å². The van der Waals surface area contributed by atoms with Gasteiger partial charge in [0.1, 0.15) is 11.5 Å². The largest absolute Gasteiger partial charge is 0.492 e. The molecule has 0 atom stereocenters. The van der Waals surface area contributed by atoms with Gasteiger partial charge in [-0.05, 0) is 67.3 Å². The molecule has 0 amide bonds. The summed E-state index contributed by atoms with van der Waals surface area (Å²) in [6.45, 7) is 5.09. The Hall–Kier alpha value is -2.92. The van der Waals surface area contributed by atoms with E-state index in [4.69, 9.17) is 21.1 Å². The number of hydrogen-bond donors (Lipinski definition) is 0. The molecule has 6 heteroatoms. The lowest BCUT2D eigenvalue weighted by Crippen LogP contribution is -2.08. The van der Waals surface area contributed by atoms with Crippen molar-refractivity contribution in [2.45, 2.75) is 104 Å². The minimum atomic E-state index is -0.469. The Bertz CT molecular complexity index is 1130. The van der Waals surface area contributed by atoms with E-state index < -0.39 is 5.97 Å². The van der Waals surface area contributed by atoms with Crippen molar-refractivity contribution in [3.8, 4) is 22.9 Å². The lowest BCUT2D eigenvalue weighted by molar-refractivity contribution is 0.0734. The van der Waals surface area contributed by atoms with Crippen LogP contribution in [0.2, 0.25) is 5.02 Å². The number of carbonyl (C=O) groups is 1. The summed E-state index contributed by atoms with van der Waals surface area (Å²) < 4.78 is 11.4. The molecule has 0 saturated carbocycles. The summed E-state index contributed by atoms with van der Waals surface area (Å²) in [4.78, 5) is 21.8. The molecule has 3 aromatic rings. The predicted molar refractivity (Wildman–Crippen MR) is 164 cm³/mol. The number of carbonyl (C=O) groups excluding carboxylic acids is 1. The van der Waals surface area contributed by atoms with Gasteiger partial charge >= 0.3 is 5.97 Å². The molecule has 0 bridgehead atoms. The van der Waals surface area contributed by atoms with Gasteiger partial charge < -0.3 is 9.47 Å². The normalized spacial score (nSPS) is 11.0. The zero-order chi connectivity index (χ0) is 28.4. The molecule has 1 heterocycles. The van der Waals surface area contributed by atoms with Crippen LogP contribution in [0.25, 0.3) is 11.4 Å². The molecule has 3 rings (SSSR count). The Morgan fingerprint density at radius 2 is 1.35 bits per heavy atom. The van der Waals surface area contributed by atoms with Crippen molar-refractivity contribution >= 4 is 17.6 Å². The lowest BCUT2D eigenvalue weighted by atomic mass is 10.1. The first-order valence-electron chi connectivity index (χ1n) is 15.2. The molecule has 2 aromatic carbocycles. The molecular formula is C34H45ClN2O3. The van der Waals surface area contributed by atoms with Crippen molar-refractivity contribution in [2.75, 3.05) is 6.61 Å². The molecule has 0 fully saturated rings. The summed E-state index contributed by atoms with van der Waals surface area (Å²) >= 11 is 6.38. The van der Waals surface area contributed by atoms with Crippen LogP contribution in [0.1, 0.15) is 113 Å². The first-order valence-corrected chi connectivity index (χ1v) is 15.5. The number of nitrogens with zero attached hydrogens (tertiary/aromatic N) is 2. The van der Waals surface area contributed by atoms with Crippen LogP contribution in [0, 0.1) is 0 Å². The third kappa shape index (κ3) is 11.3. The number of aromatic nitrogens is 2. The second-order valence-electron chi connectivity index (χ2n) is 10.5. The highest BCUT2D eigenvalue weighted by Crippen LogP contribution is 2.27. The molecule has 5 nitrogen and oxygen atoms in total. The van der Waals surface area contributed by atoms with Crippen LogP contribution in [0.15, 0.2) is 54.9 Å². The monoisotopic (exact) mass is 564 g/mol. The van der Waals surface area contributed by atoms with Crippen molar-refractivity contribution in [1.29, 1.82) is 0 Å². The summed E-state index contributed by atoms with van der Waals surface area (Å²) in [5.74, 6) is 1.22. The Morgan fingerprint density at radius 3 is 1.98 bits per heavy atom. The number of benzene rings is 2. The van der Waals surface area contributed by atoms with Gasteiger partial charge in [0.25, 0.3) is 0 Å². The summed E-state index contributed by atoms with van der Waals surface area (Å²) in [5.41, 5.74) is 2.41. The number of halogens is 1. The summed E-state index contributed by atoms with van der Waals surface area (Å²) in [5, 5.41) is 0.407. The second-order valence-corrected chi connectivity index (χ2v) is 10.9. The molecular weight excluding hydrogens is 520 g/mol. The fourth-order valence-corrected chi connectivity index (χ4v) is 4.80. The van der Waals surface area contributed by atoms with E-state index in [1.807, 2.05) is 24.5 Å². The van der Waals surface area contributed by atoms with Gasteiger partial charge in [0.2, 0.25) is 0 Å². The first-order chi connectivity index (χ1) is 19.6. The summed E-state index contributed by atoms with van der Waals surface area (Å²) in [6, 6.07) is 12.2. The third-order valence-electron chi connectivity index (χ3n) is 7.02. The van der Waals surface area contributed by atoms with E-state index in [0.29, 0.717) is 34.5 Å². The van der Waals surface area contributed by atoms with Crippen LogP contribution in [-0.4, -0.2) is 22.5 Å². The van der Waals surface area contributed by atoms with Crippen LogP contribution in [-0.2, 0) is 6.42 Å². The number of rotatable bonds is 19. The Balaban J connectivity index is 1.43. The average molecular weight is 565 g/mol. The van der Waals surface area contributed by atoms with Crippen molar-refractivity contribution in [1.82, 2.24) is 9.97 Å². The van der Waals surface area contributed by atoms with Crippen LogP contribution < -0.4 is 9.47 Å². The third-order valence-corrected chi connectivity index (χ3v) is 7.32. The van der Waals surface area contributed by atoms with Gasteiger partial charge in [0, 0.05) is 18.0 Å². The van der Waals surface area contributed by atoms with Gasteiger partial charge in [0.15, 0.2) is 5.82 Å². The number of aryl methyl sites for hydroxylation is 1. The molecule has 0 aliphatic rings. The van der Waals surface area contributed by atoms with Crippen molar-refractivity contribution in [3.63, 3.8) is 0 Å². The smallest absolute Gasteiger partial charge is 0.343 e. The minimum Gasteiger partial charge on any atom is -0.492 e. The summed E-state index contributed by atoms with van der Waals surface area (Å²) in [6.07, 6.45) is 21.1. The molecule has 0 unspecified atom stereocenters. The Kier molecular flexibility index (Phi) is 14.6. The molecule has 0 radical (unpaired) electrons. The van der Waals surface area contributed by atoms with Crippen LogP contribution in [0.3, 0.4) is 0 Å². The number of esters is 1. The zero-order valence-corrected chi connectivity index (χ0v) is 25.1. The zero-order valence-electron chi connectivity index (χ0n) is 24.3. The van der Waals surface area contributed by atoms with Gasteiger partial charge in [-0.15, -0.1) is 0 Å². The van der Waals surface area contributed by atoms with Crippen LogP contribution in [0.5, 0.6) is 11.5 Å². The Labute approximate surface area is 245 Å². The van der Waals surface area contributed by atoms with Gasteiger partial charge in [-0.2, -0.15) is 0 Å². The predicted octanol–water partition coefficient (Wildman–Crippen LogP) is 10.0. The fraction of sp³-hybridized carbons (Fsp3) is 0.500. The standard InChI is InChI=1S/C34H45ClN2O3/c1-3-5-7-9-11-13-15-23-39-32-22-19-29(24-31(32)35)34(38)40-30-20-17-28(18-21-30)33-36-25-27(26-37-33)16-14-12-10-8-6-4-2/h17-22,24-26H,3-16,23H2,1-2H3. The van der Waals surface area contributed by atoms with E-state index in [0.717, 1.165) is 30.4 Å². The molecule has 0 aliphatic carbocycles. The quantitative estimate of drug-likeness (QED) is 0.0823. The van der Waals surface area contributed by atoms with Crippen LogP contribution in [0.4, 0.5) is 0 Å². The number of unbranched alkanes of at least 4 members (excludes halogenated alkanes) is 11. The van der Waals surface area contributed by atoms with E-state index in [9.17, 15) is 4.79 Å². The molecule has 0 spiro atoms. The van der Waals surface area contributed by atoms with Gasteiger partial charge in [-0.1, -0.05) is 96.1 Å². The molecule has 0 saturated heterocycles. The molecule has 216 valence electrons. The molecule has 40 heavy (non-hydrogen) atoms. The van der Waals surface area contributed by atoms with Crippen molar-refractivity contribution in [3.05, 3.63) is 71.0 Å². The van der Waals surface area contributed by atoms with Crippen molar-refractivity contribution in [2.24, 2.45) is 0 Å². The van der Waals surface area contributed by atoms with Crippen LogP contribution >= 0.6 is 11.6 Å². The van der Waals surface area contributed by atoms with E-state index in [1.165, 1.54) is 70.6 Å². The first kappa shape index (κ1) is 31.6. The molecule has 0 aliphatic heterocycles. The highest BCUT2D eigenvalue weighted by Gasteiger charge is 2.13. The second kappa shape index (κ2) is 18.4. The lowest BCUT2D eigenvalue weighted by Gasteiger charge is -2.10. The summed E-state index contributed by atoms with van der Waals surface area (Å²) in [7, 11) is 0. The van der Waals surface area contributed by atoms with Gasteiger partial charge in [0.05, 0.1) is 17.2 Å². The van der Waals surface area contributed by atoms with E-state index >= 15 is 0 Å². The maximum absolute atomic E-state index is 12.7. The van der Waals surface area contributed by atoms with E-state index in [-0.39, 0.29) is 0 Å². The maximum Gasteiger partial charge on any atom is 0.343 e. The fourth-order valence-electron chi connectivity index (χ4n) is 4.57. The van der Waals surface area contributed by atoms with E-state index in [2.05, 4.69) is 23.8 Å². The highest BCUT2D eigenvalue weighted by atomic mass is 35.5. The average Bonchev–Trinajstić information content (AvgIpc) is 2.97. The minimum absolute atomic E-state index is 0.377. The number of hydrogen-bond acceptors (Lipinski definition) is 5. The number of ether oxygens (including phenoxy) is 2. The van der Waals surface area contributed by atoms with Crippen molar-refractivity contribution < 1.29 is 14.3 Å². The molecule has 0 N–H and O–H groups in total. The van der Waals surface area contributed by atoms with Gasteiger partial charge in [-0.25, -0.2) is 14.8 Å². The Morgan fingerprint density at radius 1 is 0.750 bits per heavy atom. The highest BCUT2D eigenvalue weighted by molar-refractivity contribution is 6.32. The maximum atomic E-state index is 12.7.